The zero-order valence-electron chi connectivity index (χ0n) is 14.3. The van der Waals surface area contributed by atoms with Crippen molar-refractivity contribution in [3.63, 3.8) is 0 Å². The standard InChI is InChI=1S/C20H30O/c1-7-20(6,21)12-10-16-13-18-17(15(3)14(16)2)9-8-11-19(18,4)5/h7,13,21H,1,8-12H2,2-6H3/t20-/m1/s1. The van der Waals surface area contributed by atoms with Crippen LogP contribution in [0.3, 0.4) is 0 Å². The lowest BCUT2D eigenvalue weighted by atomic mass is 9.70. The van der Waals surface area contributed by atoms with E-state index in [1.807, 2.05) is 6.92 Å². The van der Waals surface area contributed by atoms with Gasteiger partial charge in [0.25, 0.3) is 0 Å². The van der Waals surface area contributed by atoms with E-state index in [1.54, 1.807) is 11.6 Å². The summed E-state index contributed by atoms with van der Waals surface area (Å²) in [4.78, 5) is 0. The van der Waals surface area contributed by atoms with Gasteiger partial charge in [0.1, 0.15) is 0 Å². The molecule has 21 heavy (non-hydrogen) atoms. The Balaban J connectivity index is 2.40. The highest BCUT2D eigenvalue weighted by Gasteiger charge is 2.29. The summed E-state index contributed by atoms with van der Waals surface area (Å²) in [6, 6.07) is 2.41. The summed E-state index contributed by atoms with van der Waals surface area (Å²) in [5, 5.41) is 10.2. The summed E-state index contributed by atoms with van der Waals surface area (Å²) in [6.07, 6.45) is 7.08. The molecule has 1 atom stereocenters. The molecule has 0 aromatic heterocycles. The number of fused-ring (bicyclic) bond motifs is 1. The fraction of sp³-hybridized carbons (Fsp3) is 0.600. The second-order valence-corrected chi connectivity index (χ2v) is 7.61. The second-order valence-electron chi connectivity index (χ2n) is 7.61. The maximum atomic E-state index is 10.2. The normalized spacial score (nSPS) is 19.7. The third-order valence-electron chi connectivity index (χ3n) is 5.44. The largest absolute Gasteiger partial charge is 0.386 e. The molecular weight excluding hydrogens is 256 g/mol. The number of hydrogen-bond acceptors (Lipinski definition) is 1. The van der Waals surface area contributed by atoms with Gasteiger partial charge in [0.15, 0.2) is 0 Å². The average Bonchev–Trinajstić information content (AvgIpc) is 2.41. The van der Waals surface area contributed by atoms with Crippen LogP contribution in [0.25, 0.3) is 0 Å². The van der Waals surface area contributed by atoms with Gasteiger partial charge >= 0.3 is 0 Å². The molecule has 0 spiro atoms. The zero-order chi connectivity index (χ0) is 15.8. The summed E-state index contributed by atoms with van der Waals surface area (Å²) in [6.45, 7) is 14.8. The molecule has 0 saturated heterocycles. The van der Waals surface area contributed by atoms with Crippen molar-refractivity contribution in [2.24, 2.45) is 0 Å². The van der Waals surface area contributed by atoms with E-state index in [4.69, 9.17) is 0 Å². The van der Waals surface area contributed by atoms with Gasteiger partial charge in [-0.2, -0.15) is 0 Å². The van der Waals surface area contributed by atoms with Crippen LogP contribution in [0.2, 0.25) is 0 Å². The molecule has 1 nitrogen and oxygen atoms in total. The van der Waals surface area contributed by atoms with E-state index in [9.17, 15) is 5.11 Å². The van der Waals surface area contributed by atoms with Crippen LogP contribution < -0.4 is 0 Å². The molecule has 0 fully saturated rings. The molecule has 1 N–H and O–H groups in total. The monoisotopic (exact) mass is 286 g/mol. The highest BCUT2D eigenvalue weighted by Crippen LogP contribution is 2.40. The van der Waals surface area contributed by atoms with E-state index in [-0.39, 0.29) is 5.41 Å². The summed E-state index contributed by atoms with van der Waals surface area (Å²) < 4.78 is 0. The van der Waals surface area contributed by atoms with Gasteiger partial charge < -0.3 is 5.11 Å². The summed E-state index contributed by atoms with van der Waals surface area (Å²) >= 11 is 0. The van der Waals surface area contributed by atoms with Crippen molar-refractivity contribution in [2.75, 3.05) is 0 Å². The van der Waals surface area contributed by atoms with E-state index >= 15 is 0 Å². The first-order valence-electron chi connectivity index (χ1n) is 8.16. The third-order valence-corrected chi connectivity index (χ3v) is 5.44. The maximum Gasteiger partial charge on any atom is 0.0800 e. The van der Waals surface area contributed by atoms with E-state index in [1.165, 1.54) is 41.5 Å². The Morgan fingerprint density at radius 2 is 2.00 bits per heavy atom. The maximum absolute atomic E-state index is 10.2. The van der Waals surface area contributed by atoms with Gasteiger partial charge in [-0.3, -0.25) is 0 Å². The molecule has 0 heterocycles. The molecule has 1 aromatic rings. The minimum Gasteiger partial charge on any atom is -0.386 e. The van der Waals surface area contributed by atoms with Crippen LogP contribution in [0, 0.1) is 13.8 Å². The zero-order valence-corrected chi connectivity index (χ0v) is 14.3. The van der Waals surface area contributed by atoms with Crippen molar-refractivity contribution in [3.8, 4) is 0 Å². The summed E-state index contributed by atoms with van der Waals surface area (Å²) in [7, 11) is 0. The number of hydrogen-bond donors (Lipinski definition) is 1. The average molecular weight is 286 g/mol. The third kappa shape index (κ3) is 3.23. The fourth-order valence-corrected chi connectivity index (χ4v) is 3.56. The van der Waals surface area contributed by atoms with Gasteiger partial charge in [-0.25, -0.2) is 0 Å². The Labute approximate surface area is 130 Å². The lowest BCUT2D eigenvalue weighted by Crippen LogP contribution is -2.26. The molecule has 0 radical (unpaired) electrons. The Kier molecular flexibility index (Phi) is 4.35. The van der Waals surface area contributed by atoms with E-state index in [0.29, 0.717) is 0 Å². The van der Waals surface area contributed by atoms with Crippen molar-refractivity contribution in [2.45, 2.75) is 77.7 Å². The van der Waals surface area contributed by atoms with Crippen LogP contribution in [0.5, 0.6) is 0 Å². The minimum absolute atomic E-state index is 0.280. The Morgan fingerprint density at radius 3 is 2.62 bits per heavy atom. The summed E-state index contributed by atoms with van der Waals surface area (Å²) in [5.74, 6) is 0. The molecule has 116 valence electrons. The van der Waals surface area contributed by atoms with Gasteiger partial charge in [0.05, 0.1) is 5.60 Å². The Bertz CT molecular complexity index is 549. The predicted molar refractivity (Wildman–Crippen MR) is 91.0 cm³/mol. The highest BCUT2D eigenvalue weighted by atomic mass is 16.3. The highest BCUT2D eigenvalue weighted by molar-refractivity contribution is 5.49. The first-order valence-corrected chi connectivity index (χ1v) is 8.16. The number of rotatable bonds is 4. The molecule has 0 saturated carbocycles. The lowest BCUT2D eigenvalue weighted by molar-refractivity contribution is 0.102. The Morgan fingerprint density at radius 1 is 1.33 bits per heavy atom. The van der Waals surface area contributed by atoms with Crippen LogP contribution in [0.4, 0.5) is 0 Å². The van der Waals surface area contributed by atoms with Gasteiger partial charge in [-0.15, -0.1) is 6.58 Å². The van der Waals surface area contributed by atoms with Gasteiger partial charge in [0, 0.05) is 0 Å². The first-order chi connectivity index (χ1) is 9.68. The van der Waals surface area contributed by atoms with Crippen LogP contribution in [-0.4, -0.2) is 10.7 Å². The SMILES string of the molecule is C=C[C@@](C)(O)CCc1cc2c(c(C)c1C)CCCC2(C)C. The molecule has 0 amide bonds. The van der Waals surface area contributed by atoms with Crippen molar-refractivity contribution in [1.82, 2.24) is 0 Å². The van der Waals surface area contributed by atoms with Crippen molar-refractivity contribution in [3.05, 3.63) is 46.5 Å². The molecular formula is C20H30O. The van der Waals surface area contributed by atoms with Crippen molar-refractivity contribution < 1.29 is 5.11 Å². The van der Waals surface area contributed by atoms with Gasteiger partial charge in [-0.05, 0) is 86.1 Å². The van der Waals surface area contributed by atoms with Crippen LogP contribution in [0.15, 0.2) is 18.7 Å². The molecule has 1 aliphatic carbocycles. The van der Waals surface area contributed by atoms with Crippen molar-refractivity contribution in [1.29, 1.82) is 0 Å². The second kappa shape index (κ2) is 5.61. The van der Waals surface area contributed by atoms with Gasteiger partial charge in [-0.1, -0.05) is 26.0 Å². The summed E-state index contributed by atoms with van der Waals surface area (Å²) in [5.41, 5.74) is 6.88. The molecule has 0 unspecified atom stereocenters. The topological polar surface area (TPSA) is 20.2 Å². The van der Waals surface area contributed by atoms with Crippen LogP contribution in [0.1, 0.15) is 67.9 Å². The molecule has 0 bridgehead atoms. The van der Waals surface area contributed by atoms with E-state index in [2.05, 4.69) is 40.3 Å². The number of aliphatic hydroxyl groups is 1. The number of aryl methyl sites for hydroxylation is 1. The van der Waals surface area contributed by atoms with Crippen molar-refractivity contribution >= 4 is 0 Å². The molecule has 1 aliphatic rings. The minimum atomic E-state index is -0.772. The molecule has 0 aliphatic heterocycles. The quantitative estimate of drug-likeness (QED) is 0.789. The van der Waals surface area contributed by atoms with E-state index in [0.717, 1.165) is 12.8 Å². The van der Waals surface area contributed by atoms with Crippen LogP contribution in [-0.2, 0) is 18.3 Å². The van der Waals surface area contributed by atoms with E-state index < -0.39 is 5.60 Å². The predicted octanol–water partition coefficient (Wildman–Crippen LogP) is 4.79. The van der Waals surface area contributed by atoms with Crippen LogP contribution >= 0.6 is 0 Å². The molecule has 1 heteroatoms. The smallest absolute Gasteiger partial charge is 0.0800 e. The number of benzene rings is 1. The molecule has 2 rings (SSSR count). The fourth-order valence-electron chi connectivity index (χ4n) is 3.56. The molecule has 1 aromatic carbocycles. The van der Waals surface area contributed by atoms with Gasteiger partial charge in [0.2, 0.25) is 0 Å². The first kappa shape index (κ1) is 16.3. The lowest BCUT2D eigenvalue weighted by Gasteiger charge is -2.35. The Hall–Kier alpha value is -1.08.